The van der Waals surface area contributed by atoms with Crippen LogP contribution < -0.4 is 0 Å². The number of benzene rings is 2. The van der Waals surface area contributed by atoms with Gasteiger partial charge in [-0.2, -0.15) is 0 Å². The lowest BCUT2D eigenvalue weighted by molar-refractivity contribution is 0.288. The summed E-state index contributed by atoms with van der Waals surface area (Å²) in [4.78, 5) is 4.70. The average molecular weight is 398 g/mol. The molecule has 0 N–H and O–H groups in total. The monoisotopic (exact) mass is 397 g/mol. The van der Waals surface area contributed by atoms with E-state index in [1.54, 1.807) is 0 Å². The highest BCUT2D eigenvalue weighted by molar-refractivity contribution is 5.67. The quantitative estimate of drug-likeness (QED) is 0.420. The molecule has 30 heavy (non-hydrogen) atoms. The van der Waals surface area contributed by atoms with E-state index in [0.29, 0.717) is 5.92 Å². The van der Waals surface area contributed by atoms with E-state index in [1.807, 2.05) is 12.3 Å². The van der Waals surface area contributed by atoms with Gasteiger partial charge in [0.1, 0.15) is 0 Å². The lowest BCUT2D eigenvalue weighted by Gasteiger charge is -2.29. The summed E-state index contributed by atoms with van der Waals surface area (Å²) < 4.78 is 0. The van der Waals surface area contributed by atoms with E-state index in [-0.39, 0.29) is 0 Å². The summed E-state index contributed by atoms with van der Waals surface area (Å²) >= 11 is 0. The van der Waals surface area contributed by atoms with Gasteiger partial charge < -0.3 is 0 Å². The Balaban J connectivity index is 1.50. The van der Waals surface area contributed by atoms with Crippen LogP contribution in [0, 0.1) is 11.8 Å². The molecule has 1 heteroatoms. The first-order valence-electron chi connectivity index (χ1n) is 11.8. The van der Waals surface area contributed by atoms with Gasteiger partial charge in [-0.15, -0.1) is 0 Å². The molecule has 2 aromatic carbocycles. The summed E-state index contributed by atoms with van der Waals surface area (Å²) in [6.45, 7) is 4.78. The predicted molar refractivity (Wildman–Crippen MR) is 128 cm³/mol. The van der Waals surface area contributed by atoms with Gasteiger partial charge in [-0.25, -0.2) is 0 Å². The van der Waals surface area contributed by atoms with Crippen molar-refractivity contribution in [3.05, 3.63) is 78.5 Å². The van der Waals surface area contributed by atoms with E-state index in [2.05, 4.69) is 74.5 Å². The Hall–Kier alpha value is -2.41. The van der Waals surface area contributed by atoms with Crippen LogP contribution in [0.5, 0.6) is 0 Å². The van der Waals surface area contributed by atoms with Crippen molar-refractivity contribution in [2.75, 3.05) is 0 Å². The third-order valence-electron chi connectivity index (χ3n) is 6.86. The number of hydrogen-bond donors (Lipinski definition) is 0. The molecular formula is C29H35N. The van der Waals surface area contributed by atoms with Crippen molar-refractivity contribution in [3.8, 4) is 22.4 Å². The van der Waals surface area contributed by atoms with Crippen LogP contribution in [0.3, 0.4) is 0 Å². The molecule has 1 aliphatic carbocycles. The van der Waals surface area contributed by atoms with Crippen LogP contribution >= 0.6 is 0 Å². The van der Waals surface area contributed by atoms with E-state index in [0.717, 1.165) is 17.5 Å². The van der Waals surface area contributed by atoms with Crippen molar-refractivity contribution < 1.29 is 0 Å². The molecule has 0 saturated heterocycles. The van der Waals surface area contributed by atoms with Crippen molar-refractivity contribution in [2.45, 2.75) is 64.7 Å². The summed E-state index contributed by atoms with van der Waals surface area (Å²) in [5.41, 5.74) is 6.18. The zero-order chi connectivity index (χ0) is 20.8. The highest BCUT2D eigenvalue weighted by Crippen LogP contribution is 2.38. The Bertz CT molecular complexity index is 895. The zero-order valence-corrected chi connectivity index (χ0v) is 18.6. The van der Waals surface area contributed by atoms with Crippen LogP contribution in [-0.2, 0) is 0 Å². The zero-order valence-electron chi connectivity index (χ0n) is 18.6. The average Bonchev–Trinajstić information content (AvgIpc) is 2.78. The SMILES string of the molecule is CCCC1CCCC(C)CC(c2ccc(-c3ccc(-c4ccccc4)nc3)cc2)C1. The Kier molecular flexibility index (Phi) is 7.00. The second-order valence-electron chi connectivity index (χ2n) is 9.28. The van der Waals surface area contributed by atoms with Crippen LogP contribution in [0.25, 0.3) is 22.4 Å². The number of pyridine rings is 1. The minimum absolute atomic E-state index is 0.712. The molecule has 4 rings (SSSR count). The fourth-order valence-corrected chi connectivity index (χ4v) is 5.21. The van der Waals surface area contributed by atoms with Crippen molar-refractivity contribution in [1.82, 2.24) is 4.98 Å². The molecule has 3 unspecified atom stereocenters. The van der Waals surface area contributed by atoms with E-state index < -0.39 is 0 Å². The molecular weight excluding hydrogens is 362 g/mol. The largest absolute Gasteiger partial charge is 0.256 e. The standard InChI is InChI=1S/C29H35N/c1-3-8-23-10-7-9-22(2)19-28(20-23)25-15-13-24(14-16-25)27-17-18-29(30-21-27)26-11-5-4-6-12-26/h4-6,11-18,21-23,28H,3,7-10,19-20H2,1-2H3. The predicted octanol–water partition coefficient (Wildman–Crippen LogP) is 8.52. The van der Waals surface area contributed by atoms with Gasteiger partial charge in [-0.05, 0) is 47.8 Å². The van der Waals surface area contributed by atoms with Gasteiger partial charge in [-0.1, -0.05) is 107 Å². The number of hydrogen-bond acceptors (Lipinski definition) is 1. The normalized spacial score (nSPS) is 22.3. The second-order valence-corrected chi connectivity index (χ2v) is 9.28. The first-order chi connectivity index (χ1) is 14.7. The van der Waals surface area contributed by atoms with Crippen molar-refractivity contribution >= 4 is 0 Å². The lowest BCUT2D eigenvalue weighted by atomic mass is 9.76. The molecule has 0 spiro atoms. The van der Waals surface area contributed by atoms with Crippen LogP contribution in [-0.4, -0.2) is 4.98 Å². The molecule has 0 radical (unpaired) electrons. The summed E-state index contributed by atoms with van der Waals surface area (Å²) in [6.07, 6.45) is 11.7. The van der Waals surface area contributed by atoms with Crippen molar-refractivity contribution in [1.29, 1.82) is 0 Å². The van der Waals surface area contributed by atoms with Crippen LogP contribution in [0.2, 0.25) is 0 Å². The van der Waals surface area contributed by atoms with E-state index in [1.165, 1.54) is 67.2 Å². The number of aromatic nitrogens is 1. The van der Waals surface area contributed by atoms with Gasteiger partial charge in [0.2, 0.25) is 0 Å². The van der Waals surface area contributed by atoms with Gasteiger partial charge in [0.25, 0.3) is 0 Å². The fourth-order valence-electron chi connectivity index (χ4n) is 5.21. The smallest absolute Gasteiger partial charge is 0.0702 e. The molecule has 1 fully saturated rings. The first kappa shape index (κ1) is 20.8. The first-order valence-corrected chi connectivity index (χ1v) is 11.8. The molecule has 1 aromatic heterocycles. The summed E-state index contributed by atoms with van der Waals surface area (Å²) in [5, 5.41) is 0. The molecule has 1 nitrogen and oxygen atoms in total. The van der Waals surface area contributed by atoms with Crippen LogP contribution in [0.1, 0.15) is 70.3 Å². The van der Waals surface area contributed by atoms with Gasteiger partial charge in [0, 0.05) is 17.3 Å². The van der Waals surface area contributed by atoms with E-state index in [4.69, 9.17) is 4.98 Å². The van der Waals surface area contributed by atoms with Gasteiger partial charge >= 0.3 is 0 Å². The van der Waals surface area contributed by atoms with Crippen LogP contribution in [0.4, 0.5) is 0 Å². The van der Waals surface area contributed by atoms with Gasteiger partial charge in [0.05, 0.1) is 5.69 Å². The highest BCUT2D eigenvalue weighted by atomic mass is 14.7. The maximum absolute atomic E-state index is 4.70. The molecule has 0 amide bonds. The minimum Gasteiger partial charge on any atom is -0.256 e. The molecule has 156 valence electrons. The van der Waals surface area contributed by atoms with Gasteiger partial charge in [0.15, 0.2) is 0 Å². The molecule has 0 aliphatic heterocycles. The molecule has 3 aromatic rings. The molecule has 3 atom stereocenters. The topological polar surface area (TPSA) is 12.9 Å². The third kappa shape index (κ3) is 5.19. The summed E-state index contributed by atoms with van der Waals surface area (Å²) in [5.74, 6) is 2.46. The second kappa shape index (κ2) is 10.1. The number of nitrogens with zero attached hydrogens (tertiary/aromatic N) is 1. The molecule has 1 saturated carbocycles. The lowest BCUT2D eigenvalue weighted by Crippen LogP contribution is -2.15. The third-order valence-corrected chi connectivity index (χ3v) is 6.86. The Morgan fingerprint density at radius 3 is 2.27 bits per heavy atom. The van der Waals surface area contributed by atoms with Crippen molar-refractivity contribution in [2.24, 2.45) is 11.8 Å². The van der Waals surface area contributed by atoms with Gasteiger partial charge in [-0.3, -0.25) is 4.98 Å². The summed E-state index contributed by atoms with van der Waals surface area (Å²) in [6, 6.07) is 24.1. The maximum atomic E-state index is 4.70. The highest BCUT2D eigenvalue weighted by Gasteiger charge is 2.23. The molecule has 1 aliphatic rings. The Labute approximate surface area is 182 Å². The molecule has 1 heterocycles. The maximum Gasteiger partial charge on any atom is 0.0702 e. The Morgan fingerprint density at radius 1 is 0.800 bits per heavy atom. The fraction of sp³-hybridized carbons (Fsp3) is 0.414. The molecule has 0 bridgehead atoms. The van der Waals surface area contributed by atoms with Crippen LogP contribution in [0.15, 0.2) is 72.9 Å². The van der Waals surface area contributed by atoms with E-state index in [9.17, 15) is 0 Å². The Morgan fingerprint density at radius 2 is 1.57 bits per heavy atom. The van der Waals surface area contributed by atoms with Crippen molar-refractivity contribution in [3.63, 3.8) is 0 Å². The number of rotatable bonds is 5. The summed E-state index contributed by atoms with van der Waals surface area (Å²) in [7, 11) is 0. The van der Waals surface area contributed by atoms with E-state index >= 15 is 0 Å². The minimum atomic E-state index is 0.712.